The molecule has 1 amide bonds. The number of ether oxygens (including phenoxy) is 3. The third-order valence-electron chi connectivity index (χ3n) is 7.73. The zero-order chi connectivity index (χ0) is 30.0. The van der Waals surface area contributed by atoms with Gasteiger partial charge >= 0.3 is 12.1 Å². The van der Waals surface area contributed by atoms with Crippen LogP contribution in [0.2, 0.25) is 0 Å². The van der Waals surface area contributed by atoms with E-state index in [2.05, 4.69) is 10.8 Å². The van der Waals surface area contributed by atoms with Crippen molar-refractivity contribution in [3.05, 3.63) is 54.1 Å². The van der Waals surface area contributed by atoms with E-state index >= 15 is 0 Å². The average Bonchev–Trinajstić information content (AvgIpc) is 3.45. The molecule has 4 rings (SSSR count). The topological polar surface area (TPSA) is 111 Å². The molecule has 4 atom stereocenters. The number of nitrogens with zero attached hydrogens (tertiary/aromatic N) is 1. The number of rotatable bonds is 8. The summed E-state index contributed by atoms with van der Waals surface area (Å²) in [5.74, 6) is 0.392. The van der Waals surface area contributed by atoms with Gasteiger partial charge in [-0.3, -0.25) is 4.79 Å². The van der Waals surface area contributed by atoms with E-state index < -0.39 is 21.0 Å². The molecule has 0 unspecified atom stereocenters. The van der Waals surface area contributed by atoms with Crippen molar-refractivity contribution in [1.29, 1.82) is 0 Å². The molecule has 0 spiro atoms. The molecular formula is C31H42N2O7S. The van der Waals surface area contributed by atoms with Gasteiger partial charge in [0, 0.05) is 24.1 Å². The van der Waals surface area contributed by atoms with Crippen LogP contribution in [-0.4, -0.2) is 69.1 Å². The molecule has 2 aliphatic rings. The van der Waals surface area contributed by atoms with E-state index in [4.69, 9.17) is 14.2 Å². The summed E-state index contributed by atoms with van der Waals surface area (Å²) in [6.45, 7) is 8.01. The molecule has 41 heavy (non-hydrogen) atoms. The number of hydrogen-bond acceptors (Lipinski definition) is 7. The van der Waals surface area contributed by atoms with Crippen molar-refractivity contribution in [2.45, 2.75) is 83.6 Å². The van der Waals surface area contributed by atoms with Crippen LogP contribution in [0.5, 0.6) is 5.75 Å². The maximum absolute atomic E-state index is 13.0. The Hall–Kier alpha value is -3.11. The number of carbonyl (C=O) groups excluding carboxylic acids is 2. The molecule has 2 aromatic carbocycles. The number of likely N-dealkylation sites (tertiary alicyclic amines) is 1. The summed E-state index contributed by atoms with van der Waals surface area (Å²) in [5.41, 5.74) is 1.43. The molecule has 9 nitrogen and oxygen atoms in total. The minimum Gasteiger partial charge on any atom is -0.488 e. The van der Waals surface area contributed by atoms with Crippen LogP contribution in [-0.2, 0) is 30.7 Å². The van der Waals surface area contributed by atoms with Gasteiger partial charge in [-0.1, -0.05) is 42.5 Å². The minimum absolute atomic E-state index is 0.00715. The fraction of sp³-hybridized carbons (Fsp3) is 0.548. The molecule has 10 heteroatoms. The predicted molar refractivity (Wildman–Crippen MR) is 157 cm³/mol. The number of para-hydroxylation sites is 1. The molecule has 0 bridgehead atoms. The highest BCUT2D eigenvalue weighted by atomic mass is 32.2. The first kappa shape index (κ1) is 30.8. The third-order valence-corrected chi connectivity index (χ3v) is 8.49. The van der Waals surface area contributed by atoms with Crippen LogP contribution >= 0.6 is 0 Å². The van der Waals surface area contributed by atoms with Crippen molar-refractivity contribution in [3.8, 4) is 16.9 Å². The molecule has 2 aromatic rings. The Balaban J connectivity index is 1.52. The lowest BCUT2D eigenvalue weighted by Gasteiger charge is -2.27. The summed E-state index contributed by atoms with van der Waals surface area (Å²) in [4.78, 5) is 27.4. The maximum Gasteiger partial charge on any atom is 0.410 e. The zero-order valence-electron chi connectivity index (χ0n) is 24.8. The molecule has 1 N–H and O–H groups in total. The second-order valence-electron chi connectivity index (χ2n) is 12.4. The van der Waals surface area contributed by atoms with Crippen molar-refractivity contribution in [1.82, 2.24) is 9.62 Å². The van der Waals surface area contributed by atoms with Gasteiger partial charge in [0.1, 0.15) is 17.5 Å². The maximum atomic E-state index is 13.0. The number of carbonyl (C=O) groups is 2. The first-order valence-electron chi connectivity index (χ1n) is 14.1. The molecule has 0 aromatic heterocycles. The molecule has 1 heterocycles. The fourth-order valence-corrected chi connectivity index (χ4v) is 6.84. The molecule has 1 aliphatic carbocycles. The number of hydrogen-bond donors (Lipinski definition) is 1. The summed E-state index contributed by atoms with van der Waals surface area (Å²) >= 11 is 0. The Morgan fingerprint density at radius 3 is 2.54 bits per heavy atom. The monoisotopic (exact) mass is 586 g/mol. The summed E-state index contributed by atoms with van der Waals surface area (Å²) in [7, 11) is -2.01. The first-order chi connectivity index (χ1) is 19.2. The van der Waals surface area contributed by atoms with E-state index in [0.29, 0.717) is 44.4 Å². The van der Waals surface area contributed by atoms with Crippen LogP contribution in [0.1, 0.15) is 58.9 Å². The molecule has 1 saturated heterocycles. The highest BCUT2D eigenvalue weighted by Gasteiger charge is 2.47. The van der Waals surface area contributed by atoms with Crippen LogP contribution in [0.25, 0.3) is 11.1 Å². The van der Waals surface area contributed by atoms with E-state index in [1.165, 1.54) is 7.11 Å². The van der Waals surface area contributed by atoms with Crippen LogP contribution in [0.3, 0.4) is 0 Å². The Bertz CT molecular complexity index is 1370. The lowest BCUT2D eigenvalue weighted by atomic mass is 9.79. The van der Waals surface area contributed by atoms with Crippen molar-refractivity contribution >= 4 is 22.1 Å². The van der Waals surface area contributed by atoms with Gasteiger partial charge in [-0.15, -0.1) is 0 Å². The Kier molecular flexibility index (Phi) is 9.04. The quantitative estimate of drug-likeness (QED) is 0.437. The normalized spacial score (nSPS) is 24.7. The molecule has 2 fully saturated rings. The van der Waals surface area contributed by atoms with Gasteiger partial charge in [-0.2, -0.15) is 0 Å². The number of sulfonamides is 1. The number of esters is 1. The molecular weight excluding hydrogens is 544 g/mol. The lowest BCUT2D eigenvalue weighted by molar-refractivity contribution is -0.152. The second-order valence-corrected chi connectivity index (χ2v) is 14.2. The zero-order valence-corrected chi connectivity index (χ0v) is 25.6. The minimum atomic E-state index is -3.39. The number of benzene rings is 2. The van der Waals surface area contributed by atoms with E-state index in [9.17, 15) is 18.0 Å². The third kappa shape index (κ3) is 7.80. The van der Waals surface area contributed by atoms with Gasteiger partial charge in [0.2, 0.25) is 10.0 Å². The summed E-state index contributed by atoms with van der Waals surface area (Å²) in [5, 5.41) is 0. The average molecular weight is 587 g/mol. The molecule has 0 radical (unpaired) electrons. The van der Waals surface area contributed by atoms with Crippen LogP contribution in [0.4, 0.5) is 4.79 Å². The predicted octanol–water partition coefficient (Wildman–Crippen LogP) is 4.93. The van der Waals surface area contributed by atoms with Crippen molar-refractivity contribution in [2.75, 3.05) is 19.9 Å². The molecule has 1 aliphatic heterocycles. The highest BCUT2D eigenvalue weighted by molar-refractivity contribution is 7.88. The summed E-state index contributed by atoms with van der Waals surface area (Å²) < 4.78 is 43.5. The number of nitrogens with one attached hydrogen (secondary N) is 1. The number of amides is 1. The highest BCUT2D eigenvalue weighted by Crippen LogP contribution is 2.43. The van der Waals surface area contributed by atoms with Gasteiger partial charge in [0.25, 0.3) is 0 Å². The Morgan fingerprint density at radius 2 is 1.85 bits per heavy atom. The van der Waals surface area contributed by atoms with Crippen LogP contribution < -0.4 is 9.46 Å². The first-order valence-corrected chi connectivity index (χ1v) is 16.0. The van der Waals surface area contributed by atoms with Crippen LogP contribution in [0.15, 0.2) is 48.5 Å². The largest absolute Gasteiger partial charge is 0.488 e. The van der Waals surface area contributed by atoms with Crippen molar-refractivity contribution in [2.24, 2.45) is 5.41 Å². The van der Waals surface area contributed by atoms with Gasteiger partial charge in [0.05, 0.1) is 25.3 Å². The van der Waals surface area contributed by atoms with Gasteiger partial charge in [-0.25, -0.2) is 17.9 Å². The smallest absolute Gasteiger partial charge is 0.410 e. The van der Waals surface area contributed by atoms with Crippen molar-refractivity contribution in [3.63, 3.8) is 0 Å². The van der Waals surface area contributed by atoms with E-state index in [1.807, 2.05) is 70.2 Å². The van der Waals surface area contributed by atoms with Crippen molar-refractivity contribution < 1.29 is 32.2 Å². The lowest BCUT2D eigenvalue weighted by Crippen LogP contribution is -2.39. The van der Waals surface area contributed by atoms with Crippen LogP contribution in [0, 0.1) is 5.41 Å². The van der Waals surface area contributed by atoms with Gasteiger partial charge in [0.15, 0.2) is 0 Å². The second kappa shape index (κ2) is 12.0. The fourth-order valence-electron chi connectivity index (χ4n) is 6.03. The van der Waals surface area contributed by atoms with Gasteiger partial charge in [-0.05, 0) is 70.6 Å². The Labute approximate surface area is 243 Å². The molecule has 224 valence electrons. The van der Waals surface area contributed by atoms with E-state index in [-0.39, 0.29) is 30.3 Å². The molecule has 1 saturated carbocycles. The van der Waals surface area contributed by atoms with Gasteiger partial charge < -0.3 is 19.1 Å². The van der Waals surface area contributed by atoms with E-state index in [0.717, 1.165) is 22.9 Å². The van der Waals surface area contributed by atoms with E-state index in [1.54, 1.807) is 4.90 Å². The Morgan fingerprint density at radius 1 is 1.12 bits per heavy atom. The summed E-state index contributed by atoms with van der Waals surface area (Å²) in [6, 6.07) is 15.5. The number of methoxy groups -OCH3 is 1. The standard InChI is InChI=1S/C31H42N2O7S/c1-21-16-25(20-33(21)29(35)40-30(2,3)4)39-27-13-8-7-12-26(27)23-11-9-10-22(17-23)18-31(28(34)38-5)15-14-24(19-31)32-41(6,36)37/h7-13,17,21,24-25,32H,14-16,18-20H2,1-6H3/t21-,24+,25-,31-/m1/s1. The summed E-state index contributed by atoms with van der Waals surface area (Å²) in [6.07, 6.45) is 3.23. The SMILES string of the molecule is COC(=O)[C@@]1(Cc2cccc(-c3ccccc3O[C@@H]3C[C@@H](C)N(C(=O)OC(C)(C)C)C3)c2)CC[C@H](NS(C)(=O)=O)C1.